The summed E-state index contributed by atoms with van der Waals surface area (Å²) in [5.41, 5.74) is 8.67. The Kier molecular flexibility index (Phi) is 4.57. The van der Waals surface area contributed by atoms with E-state index in [9.17, 15) is 4.79 Å². The van der Waals surface area contributed by atoms with E-state index >= 15 is 0 Å². The zero-order chi connectivity index (χ0) is 14.7. The summed E-state index contributed by atoms with van der Waals surface area (Å²) in [7, 11) is 1.81. The van der Waals surface area contributed by atoms with E-state index in [1.165, 1.54) is 5.56 Å². The highest BCUT2D eigenvalue weighted by atomic mass is 32.1. The molecule has 2 aromatic rings. The van der Waals surface area contributed by atoms with E-state index in [0.29, 0.717) is 0 Å². The van der Waals surface area contributed by atoms with E-state index in [-0.39, 0.29) is 18.0 Å². The van der Waals surface area contributed by atoms with E-state index in [1.807, 2.05) is 42.8 Å². The molecule has 0 saturated carbocycles. The van der Waals surface area contributed by atoms with Crippen LogP contribution in [0.1, 0.15) is 35.0 Å². The van der Waals surface area contributed by atoms with Gasteiger partial charge in [0.2, 0.25) is 5.91 Å². The predicted octanol–water partition coefficient (Wildman–Crippen LogP) is 3.28. The van der Waals surface area contributed by atoms with E-state index in [4.69, 9.17) is 5.73 Å². The molecule has 2 unspecified atom stereocenters. The van der Waals surface area contributed by atoms with Gasteiger partial charge in [0.15, 0.2) is 0 Å². The number of nitrogens with zero attached hydrogens (tertiary/aromatic N) is 1. The molecular formula is C16H20N2OS. The number of carbonyl (C=O) groups excluding carboxylic acids is 1. The van der Waals surface area contributed by atoms with Gasteiger partial charge in [-0.05, 0) is 29.5 Å². The largest absolute Gasteiger partial charge is 0.336 e. The highest BCUT2D eigenvalue weighted by Gasteiger charge is 2.29. The minimum atomic E-state index is -0.234. The summed E-state index contributed by atoms with van der Waals surface area (Å²) in [5.74, 6) is 0.0224. The Morgan fingerprint density at radius 3 is 2.40 bits per heavy atom. The maximum absolute atomic E-state index is 11.8. The third kappa shape index (κ3) is 2.92. The molecule has 20 heavy (non-hydrogen) atoms. The molecule has 1 amide bonds. The van der Waals surface area contributed by atoms with Gasteiger partial charge in [-0.1, -0.05) is 30.3 Å². The van der Waals surface area contributed by atoms with Gasteiger partial charge in [-0.25, -0.2) is 0 Å². The highest BCUT2D eigenvalue weighted by Crippen LogP contribution is 2.36. The molecule has 0 bridgehead atoms. The molecule has 1 aromatic carbocycles. The second-order valence-electron chi connectivity index (χ2n) is 4.98. The topological polar surface area (TPSA) is 46.3 Å². The summed E-state index contributed by atoms with van der Waals surface area (Å²) in [4.78, 5) is 14.7. The van der Waals surface area contributed by atoms with Gasteiger partial charge in [-0.2, -0.15) is 0 Å². The molecule has 1 heterocycles. The van der Waals surface area contributed by atoms with Gasteiger partial charge in [-0.3, -0.25) is 4.79 Å². The van der Waals surface area contributed by atoms with Crippen molar-refractivity contribution in [1.82, 2.24) is 4.90 Å². The van der Waals surface area contributed by atoms with Crippen molar-refractivity contribution < 1.29 is 4.79 Å². The molecule has 2 atom stereocenters. The first-order valence-electron chi connectivity index (χ1n) is 6.60. The van der Waals surface area contributed by atoms with E-state index in [2.05, 4.69) is 13.0 Å². The van der Waals surface area contributed by atoms with Crippen molar-refractivity contribution in [2.75, 3.05) is 7.05 Å². The number of likely N-dealkylation sites (N-methyl/N-ethyl adjacent to an activating group) is 1. The van der Waals surface area contributed by atoms with Crippen molar-refractivity contribution in [3.8, 4) is 0 Å². The lowest BCUT2D eigenvalue weighted by molar-refractivity contribution is -0.130. The lowest BCUT2D eigenvalue weighted by Crippen LogP contribution is -2.36. The molecular weight excluding hydrogens is 268 g/mol. The van der Waals surface area contributed by atoms with Crippen LogP contribution in [-0.2, 0) is 4.79 Å². The summed E-state index contributed by atoms with van der Waals surface area (Å²) in [6.07, 6.45) is 0. The zero-order valence-electron chi connectivity index (χ0n) is 12.0. The first-order valence-corrected chi connectivity index (χ1v) is 7.48. The molecule has 2 rings (SSSR count). The number of thiophene rings is 1. The van der Waals surface area contributed by atoms with Crippen molar-refractivity contribution in [3.05, 3.63) is 57.8 Å². The molecule has 0 fully saturated rings. The molecule has 0 spiro atoms. The molecule has 0 aliphatic heterocycles. The van der Waals surface area contributed by atoms with Crippen LogP contribution in [0.4, 0.5) is 0 Å². The molecule has 0 saturated heterocycles. The molecule has 0 aliphatic carbocycles. The Balaban J connectivity index is 2.42. The summed E-state index contributed by atoms with van der Waals surface area (Å²) < 4.78 is 0. The third-order valence-corrected chi connectivity index (χ3v) is 4.70. The van der Waals surface area contributed by atoms with Crippen molar-refractivity contribution in [2.45, 2.75) is 25.9 Å². The van der Waals surface area contributed by atoms with E-state index in [0.717, 1.165) is 10.4 Å². The van der Waals surface area contributed by atoms with Crippen LogP contribution in [0, 0.1) is 6.92 Å². The van der Waals surface area contributed by atoms with Gasteiger partial charge < -0.3 is 10.6 Å². The molecule has 0 radical (unpaired) electrons. The average Bonchev–Trinajstić information content (AvgIpc) is 2.86. The fraction of sp³-hybridized carbons (Fsp3) is 0.312. The fourth-order valence-electron chi connectivity index (χ4n) is 2.32. The first-order chi connectivity index (χ1) is 9.52. The Morgan fingerprint density at radius 1 is 1.25 bits per heavy atom. The summed E-state index contributed by atoms with van der Waals surface area (Å²) in [6, 6.07) is 11.6. The number of carbonyl (C=O) groups is 1. The Hall–Kier alpha value is -1.65. The fourth-order valence-corrected chi connectivity index (χ4v) is 3.44. The monoisotopic (exact) mass is 288 g/mol. The minimum Gasteiger partial charge on any atom is -0.336 e. The van der Waals surface area contributed by atoms with Gasteiger partial charge in [0.05, 0.1) is 12.1 Å². The number of amides is 1. The number of hydrogen-bond acceptors (Lipinski definition) is 3. The Morgan fingerprint density at radius 2 is 1.90 bits per heavy atom. The van der Waals surface area contributed by atoms with Gasteiger partial charge in [0.1, 0.15) is 0 Å². The van der Waals surface area contributed by atoms with E-state index in [1.54, 1.807) is 23.2 Å². The Labute approximate surface area is 124 Å². The molecule has 4 heteroatoms. The smallest absolute Gasteiger partial charge is 0.219 e. The summed E-state index contributed by atoms with van der Waals surface area (Å²) >= 11 is 1.65. The second-order valence-corrected chi connectivity index (χ2v) is 5.93. The zero-order valence-corrected chi connectivity index (χ0v) is 12.9. The second kappa shape index (κ2) is 6.20. The minimum absolute atomic E-state index is 0.0224. The SMILES string of the molecule is CC(=O)N(C)C(c1sccc1C)C(N)c1ccccc1. The standard InChI is InChI=1S/C16H20N2OS/c1-11-9-10-20-16(11)15(18(3)12(2)19)14(17)13-7-5-4-6-8-13/h4-10,14-15H,17H2,1-3H3. The highest BCUT2D eigenvalue weighted by molar-refractivity contribution is 7.10. The number of aryl methyl sites for hydroxylation is 1. The number of hydrogen-bond donors (Lipinski definition) is 1. The van der Waals surface area contributed by atoms with Crippen LogP contribution in [0.2, 0.25) is 0 Å². The van der Waals surface area contributed by atoms with Crippen LogP contribution >= 0.6 is 11.3 Å². The molecule has 3 nitrogen and oxygen atoms in total. The van der Waals surface area contributed by atoms with Crippen LogP contribution in [0.5, 0.6) is 0 Å². The lowest BCUT2D eigenvalue weighted by atomic mass is 9.96. The van der Waals surface area contributed by atoms with Crippen LogP contribution in [0.25, 0.3) is 0 Å². The van der Waals surface area contributed by atoms with Crippen LogP contribution in [-0.4, -0.2) is 17.9 Å². The van der Waals surface area contributed by atoms with Crippen molar-refractivity contribution >= 4 is 17.2 Å². The van der Waals surface area contributed by atoms with Gasteiger partial charge in [-0.15, -0.1) is 11.3 Å². The molecule has 106 valence electrons. The average molecular weight is 288 g/mol. The summed E-state index contributed by atoms with van der Waals surface area (Å²) in [6.45, 7) is 3.64. The molecule has 1 aromatic heterocycles. The molecule has 2 N–H and O–H groups in total. The van der Waals surface area contributed by atoms with E-state index < -0.39 is 0 Å². The Bertz CT molecular complexity index is 579. The number of rotatable bonds is 4. The number of nitrogens with two attached hydrogens (primary N) is 1. The normalized spacial score (nSPS) is 13.8. The first kappa shape index (κ1) is 14.8. The van der Waals surface area contributed by atoms with Crippen LogP contribution in [0.15, 0.2) is 41.8 Å². The summed E-state index contributed by atoms with van der Waals surface area (Å²) in [5, 5.41) is 2.04. The van der Waals surface area contributed by atoms with Crippen LogP contribution in [0.3, 0.4) is 0 Å². The molecule has 0 aliphatic rings. The van der Waals surface area contributed by atoms with Crippen molar-refractivity contribution in [2.24, 2.45) is 5.73 Å². The van der Waals surface area contributed by atoms with Crippen LogP contribution < -0.4 is 5.73 Å². The number of benzene rings is 1. The van der Waals surface area contributed by atoms with Crippen molar-refractivity contribution in [1.29, 1.82) is 0 Å². The lowest BCUT2D eigenvalue weighted by Gasteiger charge is -2.32. The predicted molar refractivity (Wildman–Crippen MR) is 83.6 cm³/mol. The maximum atomic E-state index is 11.8. The quantitative estimate of drug-likeness (QED) is 0.938. The van der Waals surface area contributed by atoms with Gasteiger partial charge in [0.25, 0.3) is 0 Å². The maximum Gasteiger partial charge on any atom is 0.219 e. The van der Waals surface area contributed by atoms with Crippen molar-refractivity contribution in [3.63, 3.8) is 0 Å². The van der Waals surface area contributed by atoms with Gasteiger partial charge in [0, 0.05) is 18.8 Å². The van der Waals surface area contributed by atoms with Gasteiger partial charge >= 0.3 is 0 Å². The third-order valence-electron chi connectivity index (χ3n) is 3.61.